The number of unbranched alkanes of at least 4 members (excludes halogenated alkanes) is 1. The number of carbonyl (C=O) groups is 2. The number of hydrogen-bond donors (Lipinski definition) is 1. The molecular weight excluding hydrogens is 448 g/mol. The molecule has 0 aliphatic carbocycles. The summed E-state index contributed by atoms with van der Waals surface area (Å²) in [6.45, 7) is 2.73. The maximum Gasteiger partial charge on any atom is 0.261 e. The van der Waals surface area contributed by atoms with Gasteiger partial charge in [-0.1, -0.05) is 97.7 Å². The minimum absolute atomic E-state index is 0.167. The molecule has 3 aromatic carbocycles. The van der Waals surface area contributed by atoms with E-state index < -0.39 is 6.04 Å². The molecule has 0 unspecified atom stereocenters. The summed E-state index contributed by atoms with van der Waals surface area (Å²) in [5, 5.41) is 3.45. The molecule has 0 bridgehead atoms. The first-order valence-electron chi connectivity index (χ1n) is 11.6. The van der Waals surface area contributed by atoms with Crippen molar-refractivity contribution in [2.24, 2.45) is 0 Å². The maximum absolute atomic E-state index is 13.5. The van der Waals surface area contributed by atoms with Crippen LogP contribution in [0.15, 0.2) is 84.9 Å². The Morgan fingerprint density at radius 3 is 2.18 bits per heavy atom. The van der Waals surface area contributed by atoms with Crippen molar-refractivity contribution in [3.8, 4) is 5.75 Å². The molecule has 0 aliphatic heterocycles. The molecular formula is C28H31ClN2O3. The van der Waals surface area contributed by atoms with Gasteiger partial charge in [0.2, 0.25) is 5.91 Å². The fraction of sp³-hybridized carbons (Fsp3) is 0.286. The van der Waals surface area contributed by atoms with Gasteiger partial charge in [-0.05, 0) is 29.7 Å². The zero-order valence-corrected chi connectivity index (χ0v) is 20.2. The molecule has 1 N–H and O–H groups in total. The highest BCUT2D eigenvalue weighted by Crippen LogP contribution is 2.23. The first-order valence-corrected chi connectivity index (χ1v) is 12.0. The molecule has 1 atom stereocenters. The van der Waals surface area contributed by atoms with Crippen LogP contribution in [-0.2, 0) is 22.6 Å². The van der Waals surface area contributed by atoms with E-state index in [4.69, 9.17) is 16.3 Å². The molecule has 5 nitrogen and oxygen atoms in total. The predicted molar refractivity (Wildman–Crippen MR) is 136 cm³/mol. The van der Waals surface area contributed by atoms with Crippen molar-refractivity contribution < 1.29 is 14.3 Å². The largest absolute Gasteiger partial charge is 0.482 e. The van der Waals surface area contributed by atoms with Gasteiger partial charge in [-0.3, -0.25) is 9.59 Å². The van der Waals surface area contributed by atoms with Gasteiger partial charge in [-0.25, -0.2) is 0 Å². The predicted octanol–water partition coefficient (Wildman–Crippen LogP) is 5.28. The lowest BCUT2D eigenvalue weighted by atomic mass is 10.0. The zero-order valence-electron chi connectivity index (χ0n) is 19.5. The second-order valence-electron chi connectivity index (χ2n) is 8.08. The molecule has 34 heavy (non-hydrogen) atoms. The van der Waals surface area contributed by atoms with Crippen LogP contribution in [-0.4, -0.2) is 35.9 Å². The highest BCUT2D eigenvalue weighted by atomic mass is 35.5. The van der Waals surface area contributed by atoms with E-state index in [9.17, 15) is 9.59 Å². The van der Waals surface area contributed by atoms with Crippen LogP contribution in [0.25, 0.3) is 0 Å². The van der Waals surface area contributed by atoms with Gasteiger partial charge >= 0.3 is 0 Å². The standard InChI is InChI=1S/C28H31ClN2O3/c1-2-3-18-30-28(33)25(19-22-12-6-4-7-13-22)31(20-23-14-8-5-9-15-23)27(32)21-34-26-17-11-10-16-24(26)29/h4-17,25H,2-3,18-21H2,1H3,(H,30,33)/t25-/m1/s1. The van der Waals surface area contributed by atoms with Gasteiger partial charge in [0, 0.05) is 19.5 Å². The zero-order chi connectivity index (χ0) is 24.2. The van der Waals surface area contributed by atoms with Crippen LogP contribution in [0.5, 0.6) is 5.75 Å². The second-order valence-corrected chi connectivity index (χ2v) is 8.48. The summed E-state index contributed by atoms with van der Waals surface area (Å²) in [5.74, 6) is -0.0149. The summed E-state index contributed by atoms with van der Waals surface area (Å²) < 4.78 is 5.74. The first kappa shape index (κ1) is 25.3. The highest BCUT2D eigenvalue weighted by molar-refractivity contribution is 6.32. The van der Waals surface area contributed by atoms with Gasteiger partial charge in [0.25, 0.3) is 5.91 Å². The maximum atomic E-state index is 13.5. The van der Waals surface area contributed by atoms with E-state index in [1.807, 2.05) is 60.7 Å². The summed E-state index contributed by atoms with van der Waals surface area (Å²) in [5.41, 5.74) is 1.92. The van der Waals surface area contributed by atoms with Crippen molar-refractivity contribution in [1.29, 1.82) is 0 Å². The molecule has 0 aromatic heterocycles. The number of amides is 2. The summed E-state index contributed by atoms with van der Waals surface area (Å²) in [7, 11) is 0. The molecule has 0 fully saturated rings. The lowest BCUT2D eigenvalue weighted by Gasteiger charge is -2.31. The van der Waals surface area contributed by atoms with Crippen LogP contribution in [0.3, 0.4) is 0 Å². The van der Waals surface area contributed by atoms with Crippen molar-refractivity contribution in [2.75, 3.05) is 13.2 Å². The van der Waals surface area contributed by atoms with Crippen molar-refractivity contribution in [3.63, 3.8) is 0 Å². The Morgan fingerprint density at radius 2 is 1.53 bits per heavy atom. The number of benzene rings is 3. The van der Waals surface area contributed by atoms with E-state index in [-0.39, 0.29) is 18.4 Å². The number of nitrogens with zero attached hydrogens (tertiary/aromatic N) is 1. The molecule has 178 valence electrons. The van der Waals surface area contributed by atoms with Gasteiger partial charge in [0.05, 0.1) is 5.02 Å². The first-order chi connectivity index (χ1) is 16.6. The molecule has 6 heteroatoms. The molecule has 0 radical (unpaired) electrons. The van der Waals surface area contributed by atoms with Crippen molar-refractivity contribution in [3.05, 3.63) is 101 Å². The summed E-state index contributed by atoms with van der Waals surface area (Å²) in [4.78, 5) is 28.4. The van der Waals surface area contributed by atoms with Gasteiger partial charge < -0.3 is 15.0 Å². The van der Waals surface area contributed by atoms with Crippen molar-refractivity contribution in [1.82, 2.24) is 10.2 Å². The third-order valence-electron chi connectivity index (χ3n) is 5.48. The third-order valence-corrected chi connectivity index (χ3v) is 5.80. The van der Waals surface area contributed by atoms with Crippen LogP contribution < -0.4 is 10.1 Å². The third kappa shape index (κ3) is 7.63. The Kier molecular flexibility index (Phi) is 9.98. The fourth-order valence-electron chi connectivity index (χ4n) is 3.62. The molecule has 0 saturated carbocycles. The van der Waals surface area contributed by atoms with Gasteiger partial charge in [-0.2, -0.15) is 0 Å². The SMILES string of the molecule is CCCCNC(=O)[C@@H](Cc1ccccc1)N(Cc1ccccc1)C(=O)COc1ccccc1Cl. The van der Waals surface area contributed by atoms with Crippen LogP contribution in [0, 0.1) is 0 Å². The minimum atomic E-state index is -0.679. The molecule has 0 saturated heterocycles. The Balaban J connectivity index is 1.86. The van der Waals surface area contributed by atoms with E-state index in [0.29, 0.717) is 30.3 Å². The van der Waals surface area contributed by atoms with E-state index >= 15 is 0 Å². The fourth-order valence-corrected chi connectivity index (χ4v) is 3.81. The lowest BCUT2D eigenvalue weighted by molar-refractivity contribution is -0.142. The van der Waals surface area contributed by atoms with Crippen molar-refractivity contribution >= 4 is 23.4 Å². The quantitative estimate of drug-likeness (QED) is 0.360. The normalized spacial score (nSPS) is 11.5. The average molecular weight is 479 g/mol. The van der Waals surface area contributed by atoms with Crippen molar-refractivity contribution in [2.45, 2.75) is 38.8 Å². The molecule has 3 aromatic rings. The van der Waals surface area contributed by atoms with Crippen LogP contribution >= 0.6 is 11.6 Å². The Hall–Kier alpha value is -3.31. The van der Waals surface area contributed by atoms with Gasteiger partial charge in [0.1, 0.15) is 11.8 Å². The van der Waals surface area contributed by atoms with E-state index in [0.717, 1.165) is 24.0 Å². The number of para-hydroxylation sites is 1. The monoisotopic (exact) mass is 478 g/mol. The van der Waals surface area contributed by atoms with Crippen LogP contribution in [0.2, 0.25) is 5.02 Å². The van der Waals surface area contributed by atoms with E-state index in [1.165, 1.54) is 0 Å². The topological polar surface area (TPSA) is 58.6 Å². The lowest BCUT2D eigenvalue weighted by Crippen LogP contribution is -2.51. The van der Waals surface area contributed by atoms with Gasteiger partial charge in [0.15, 0.2) is 6.61 Å². The second kappa shape index (κ2) is 13.4. The molecule has 0 aliphatic rings. The Bertz CT molecular complexity index is 1040. The number of carbonyl (C=O) groups excluding carboxylic acids is 2. The number of nitrogens with one attached hydrogen (secondary N) is 1. The smallest absolute Gasteiger partial charge is 0.261 e. The number of rotatable bonds is 12. The number of ether oxygens (including phenoxy) is 1. The van der Waals surface area contributed by atoms with Gasteiger partial charge in [-0.15, -0.1) is 0 Å². The summed E-state index contributed by atoms with van der Waals surface area (Å²) >= 11 is 6.19. The number of halogens is 1. The molecule has 0 heterocycles. The highest BCUT2D eigenvalue weighted by Gasteiger charge is 2.30. The Morgan fingerprint density at radius 1 is 0.912 bits per heavy atom. The Labute approximate surface area is 206 Å². The summed E-state index contributed by atoms with van der Waals surface area (Å²) in [6, 6.07) is 25.8. The molecule has 2 amide bonds. The number of hydrogen-bond acceptors (Lipinski definition) is 3. The van der Waals surface area contributed by atoms with E-state index in [2.05, 4.69) is 12.2 Å². The molecule has 0 spiro atoms. The van der Waals surface area contributed by atoms with Crippen LogP contribution in [0.4, 0.5) is 0 Å². The minimum Gasteiger partial charge on any atom is -0.482 e. The molecule has 3 rings (SSSR count). The summed E-state index contributed by atoms with van der Waals surface area (Å²) in [6.07, 6.45) is 2.26. The van der Waals surface area contributed by atoms with E-state index in [1.54, 1.807) is 29.2 Å². The average Bonchev–Trinajstić information content (AvgIpc) is 2.87. The van der Waals surface area contributed by atoms with Crippen LogP contribution in [0.1, 0.15) is 30.9 Å².